The molecule has 0 bridgehead atoms. The van der Waals surface area contributed by atoms with Gasteiger partial charge in [0.25, 0.3) is 0 Å². The first kappa shape index (κ1) is 15.4. The summed E-state index contributed by atoms with van der Waals surface area (Å²) in [5.41, 5.74) is -0.370. The lowest BCUT2D eigenvalue weighted by Crippen LogP contribution is -2.39. The number of likely N-dealkylation sites (tertiary alicyclic amines) is 1. The molecular formula is C14H28N2O2. The van der Waals surface area contributed by atoms with Crippen molar-refractivity contribution in [3.63, 3.8) is 0 Å². The summed E-state index contributed by atoms with van der Waals surface area (Å²) in [6, 6.07) is 0.599. The van der Waals surface area contributed by atoms with E-state index in [-0.39, 0.29) is 11.6 Å². The molecule has 1 rings (SSSR count). The van der Waals surface area contributed by atoms with Crippen molar-refractivity contribution in [1.82, 2.24) is 9.80 Å². The van der Waals surface area contributed by atoms with Crippen molar-refractivity contribution in [1.29, 1.82) is 0 Å². The maximum Gasteiger partial charge on any atom is 0.307 e. The summed E-state index contributed by atoms with van der Waals surface area (Å²) in [5, 5.41) is 0. The van der Waals surface area contributed by atoms with Crippen LogP contribution in [0.2, 0.25) is 0 Å². The van der Waals surface area contributed by atoms with Gasteiger partial charge < -0.3 is 9.64 Å². The number of carbonyl (C=O) groups is 1. The maximum absolute atomic E-state index is 11.7. The number of hydrogen-bond acceptors (Lipinski definition) is 4. The summed E-state index contributed by atoms with van der Waals surface area (Å²) in [6.07, 6.45) is 2.99. The minimum Gasteiger partial charge on any atom is -0.460 e. The minimum atomic E-state index is -0.370. The van der Waals surface area contributed by atoms with Crippen LogP contribution in [-0.4, -0.2) is 61.1 Å². The summed E-state index contributed by atoms with van der Waals surface area (Å²) >= 11 is 0. The standard InChI is InChI=1S/C14H28N2O2/c1-14(2,3)18-13(17)8-10-16-9-6-7-12(16)11-15(4)5/h12H,6-11H2,1-5H3. The SMILES string of the molecule is CN(C)CC1CCCN1CCC(=O)OC(C)(C)C. The van der Waals surface area contributed by atoms with Crippen LogP contribution in [0.4, 0.5) is 0 Å². The third-order valence-corrected chi connectivity index (χ3v) is 3.10. The van der Waals surface area contributed by atoms with Gasteiger partial charge >= 0.3 is 5.97 Å². The van der Waals surface area contributed by atoms with Crippen LogP contribution < -0.4 is 0 Å². The normalized spacial score (nSPS) is 21.6. The topological polar surface area (TPSA) is 32.8 Å². The summed E-state index contributed by atoms with van der Waals surface area (Å²) in [4.78, 5) is 16.3. The van der Waals surface area contributed by atoms with Crippen LogP contribution in [-0.2, 0) is 9.53 Å². The summed E-state index contributed by atoms with van der Waals surface area (Å²) in [7, 11) is 4.20. The number of rotatable bonds is 5. The van der Waals surface area contributed by atoms with E-state index in [4.69, 9.17) is 4.74 Å². The van der Waals surface area contributed by atoms with E-state index in [1.165, 1.54) is 12.8 Å². The molecule has 0 aromatic rings. The van der Waals surface area contributed by atoms with Gasteiger partial charge in [-0.1, -0.05) is 0 Å². The van der Waals surface area contributed by atoms with Gasteiger partial charge in [-0.2, -0.15) is 0 Å². The Balaban J connectivity index is 2.31. The number of ether oxygens (including phenoxy) is 1. The summed E-state index contributed by atoms with van der Waals surface area (Å²) in [6.45, 7) is 8.75. The third-order valence-electron chi connectivity index (χ3n) is 3.10. The third kappa shape index (κ3) is 5.83. The number of hydrogen-bond donors (Lipinski definition) is 0. The molecule has 1 aliphatic heterocycles. The molecule has 0 saturated carbocycles. The zero-order valence-electron chi connectivity index (χ0n) is 12.5. The van der Waals surface area contributed by atoms with E-state index in [9.17, 15) is 4.79 Å². The molecule has 1 fully saturated rings. The predicted octanol–water partition coefficient (Wildman–Crippen LogP) is 1.74. The fourth-order valence-corrected chi connectivity index (χ4v) is 2.45. The van der Waals surface area contributed by atoms with E-state index in [0.717, 1.165) is 19.6 Å². The van der Waals surface area contributed by atoms with Crippen LogP contribution in [0, 0.1) is 0 Å². The molecule has 1 saturated heterocycles. The quantitative estimate of drug-likeness (QED) is 0.702. The highest BCUT2D eigenvalue weighted by molar-refractivity contribution is 5.70. The Morgan fingerprint density at radius 3 is 2.61 bits per heavy atom. The molecule has 1 atom stereocenters. The number of likely N-dealkylation sites (N-methyl/N-ethyl adjacent to an activating group) is 1. The largest absolute Gasteiger partial charge is 0.460 e. The van der Waals surface area contributed by atoms with E-state index in [0.29, 0.717) is 12.5 Å². The van der Waals surface area contributed by atoms with Crippen molar-refractivity contribution in [2.24, 2.45) is 0 Å². The second-order valence-corrected chi connectivity index (χ2v) is 6.43. The van der Waals surface area contributed by atoms with Crippen LogP contribution in [0.3, 0.4) is 0 Å². The van der Waals surface area contributed by atoms with Gasteiger partial charge in [0.2, 0.25) is 0 Å². The van der Waals surface area contributed by atoms with E-state index >= 15 is 0 Å². The maximum atomic E-state index is 11.7. The van der Waals surface area contributed by atoms with Crippen LogP contribution >= 0.6 is 0 Å². The van der Waals surface area contributed by atoms with E-state index in [2.05, 4.69) is 23.9 Å². The molecule has 1 unspecified atom stereocenters. The smallest absolute Gasteiger partial charge is 0.307 e. The molecule has 0 spiro atoms. The van der Waals surface area contributed by atoms with Crippen LogP contribution in [0.15, 0.2) is 0 Å². The van der Waals surface area contributed by atoms with E-state index < -0.39 is 0 Å². The van der Waals surface area contributed by atoms with Gasteiger partial charge in [0.1, 0.15) is 5.60 Å². The first-order chi connectivity index (χ1) is 8.28. The molecule has 0 aromatic heterocycles. The Bertz CT molecular complexity index is 271. The van der Waals surface area contributed by atoms with Gasteiger partial charge in [0, 0.05) is 19.1 Å². The Morgan fingerprint density at radius 1 is 1.39 bits per heavy atom. The Morgan fingerprint density at radius 2 is 2.06 bits per heavy atom. The first-order valence-electron chi connectivity index (χ1n) is 6.88. The molecule has 0 amide bonds. The fraction of sp³-hybridized carbons (Fsp3) is 0.929. The highest BCUT2D eigenvalue weighted by Crippen LogP contribution is 2.18. The Hall–Kier alpha value is -0.610. The average Bonchev–Trinajstić information content (AvgIpc) is 2.58. The lowest BCUT2D eigenvalue weighted by atomic mass is 10.2. The monoisotopic (exact) mass is 256 g/mol. The zero-order chi connectivity index (χ0) is 13.8. The van der Waals surface area contributed by atoms with Gasteiger partial charge in [-0.05, 0) is 54.3 Å². The van der Waals surface area contributed by atoms with Crippen molar-refractivity contribution < 1.29 is 9.53 Å². The van der Waals surface area contributed by atoms with Gasteiger partial charge in [0.15, 0.2) is 0 Å². The lowest BCUT2D eigenvalue weighted by Gasteiger charge is -2.27. The van der Waals surface area contributed by atoms with Gasteiger partial charge in [-0.25, -0.2) is 0 Å². The Kier molecular flexibility index (Phi) is 5.60. The number of carbonyl (C=O) groups excluding carboxylic acids is 1. The summed E-state index contributed by atoms with van der Waals surface area (Å²) in [5.74, 6) is -0.0852. The molecule has 4 nitrogen and oxygen atoms in total. The average molecular weight is 256 g/mol. The molecule has 0 aromatic carbocycles. The van der Waals surface area contributed by atoms with Crippen LogP contribution in [0.1, 0.15) is 40.0 Å². The number of esters is 1. The van der Waals surface area contributed by atoms with Crippen molar-refractivity contribution in [2.75, 3.05) is 33.7 Å². The molecule has 0 radical (unpaired) electrons. The van der Waals surface area contributed by atoms with Crippen molar-refractivity contribution in [3.05, 3.63) is 0 Å². The lowest BCUT2D eigenvalue weighted by molar-refractivity contribution is -0.155. The molecule has 0 N–H and O–H groups in total. The van der Waals surface area contributed by atoms with Gasteiger partial charge in [0.05, 0.1) is 6.42 Å². The van der Waals surface area contributed by atoms with Crippen LogP contribution in [0.25, 0.3) is 0 Å². The second-order valence-electron chi connectivity index (χ2n) is 6.43. The predicted molar refractivity (Wildman–Crippen MR) is 73.6 cm³/mol. The molecule has 4 heteroatoms. The summed E-state index contributed by atoms with van der Waals surface area (Å²) < 4.78 is 5.34. The van der Waals surface area contributed by atoms with Gasteiger partial charge in [-0.3, -0.25) is 9.69 Å². The van der Waals surface area contributed by atoms with Gasteiger partial charge in [-0.15, -0.1) is 0 Å². The van der Waals surface area contributed by atoms with Crippen molar-refractivity contribution >= 4 is 5.97 Å². The second kappa shape index (κ2) is 6.53. The van der Waals surface area contributed by atoms with Crippen LogP contribution in [0.5, 0.6) is 0 Å². The Labute approximate surface area is 111 Å². The zero-order valence-corrected chi connectivity index (χ0v) is 12.5. The molecular weight excluding hydrogens is 228 g/mol. The molecule has 1 aliphatic rings. The van der Waals surface area contributed by atoms with Crippen molar-refractivity contribution in [2.45, 2.75) is 51.7 Å². The minimum absolute atomic E-state index is 0.0852. The highest BCUT2D eigenvalue weighted by Gasteiger charge is 2.25. The fourth-order valence-electron chi connectivity index (χ4n) is 2.45. The number of nitrogens with zero attached hydrogens (tertiary/aromatic N) is 2. The highest BCUT2D eigenvalue weighted by atomic mass is 16.6. The molecule has 18 heavy (non-hydrogen) atoms. The van der Waals surface area contributed by atoms with Crippen molar-refractivity contribution in [3.8, 4) is 0 Å². The molecule has 1 heterocycles. The molecule has 0 aliphatic carbocycles. The first-order valence-corrected chi connectivity index (χ1v) is 6.88. The van der Waals surface area contributed by atoms with E-state index in [1.807, 2.05) is 20.8 Å². The van der Waals surface area contributed by atoms with E-state index in [1.54, 1.807) is 0 Å². The molecule has 106 valence electrons.